The lowest BCUT2D eigenvalue weighted by atomic mass is 9.98. The number of amides is 1. The molecule has 7 heteroatoms. The lowest BCUT2D eigenvalue weighted by Gasteiger charge is -2.31. The lowest BCUT2D eigenvalue weighted by Crippen LogP contribution is -2.41. The summed E-state index contributed by atoms with van der Waals surface area (Å²) in [7, 11) is 1.59. The van der Waals surface area contributed by atoms with Crippen molar-refractivity contribution < 1.29 is 18.8 Å². The van der Waals surface area contributed by atoms with Crippen LogP contribution >= 0.6 is 0 Å². The van der Waals surface area contributed by atoms with Crippen molar-refractivity contribution in [3.63, 3.8) is 0 Å². The molecule has 0 N–H and O–H groups in total. The Morgan fingerprint density at radius 1 is 1.41 bits per heavy atom. The minimum atomic E-state index is -0.0597. The summed E-state index contributed by atoms with van der Waals surface area (Å²) in [5.74, 6) is 2.41. The zero-order valence-corrected chi connectivity index (χ0v) is 16.0. The third-order valence-corrected chi connectivity index (χ3v) is 4.56. The molecule has 27 heavy (non-hydrogen) atoms. The van der Waals surface area contributed by atoms with E-state index >= 15 is 0 Å². The number of carbonyl (C=O) groups excluding carboxylic acids is 1. The monoisotopic (exact) mass is 371 g/mol. The number of carbonyl (C=O) groups is 1. The van der Waals surface area contributed by atoms with Gasteiger partial charge in [0.05, 0.1) is 13.0 Å². The van der Waals surface area contributed by atoms with Gasteiger partial charge in [-0.2, -0.15) is 4.98 Å². The quantitative estimate of drug-likeness (QED) is 0.776. The first kappa shape index (κ1) is 18.9. The molecule has 1 saturated heterocycles. The molecule has 0 aliphatic carbocycles. The summed E-state index contributed by atoms with van der Waals surface area (Å²) >= 11 is 0. The first-order valence-corrected chi connectivity index (χ1v) is 9.12. The van der Waals surface area contributed by atoms with Crippen LogP contribution in [0.15, 0.2) is 28.8 Å². The Morgan fingerprint density at radius 2 is 2.26 bits per heavy atom. The first-order valence-electron chi connectivity index (χ1n) is 9.12. The van der Waals surface area contributed by atoms with Crippen LogP contribution in [-0.2, 0) is 4.79 Å². The molecule has 1 aromatic carbocycles. The highest BCUT2D eigenvalue weighted by atomic mass is 16.5. The van der Waals surface area contributed by atoms with Crippen LogP contribution < -0.4 is 9.47 Å². The second kappa shape index (κ2) is 8.70. The molecule has 2 aromatic rings. The molecule has 2 heterocycles. The van der Waals surface area contributed by atoms with Gasteiger partial charge in [-0.05, 0) is 44.4 Å². The van der Waals surface area contributed by atoms with Crippen molar-refractivity contribution in [1.82, 2.24) is 15.0 Å². The van der Waals surface area contributed by atoms with Crippen molar-refractivity contribution in [3.8, 4) is 11.5 Å². The third kappa shape index (κ3) is 4.67. The first-order chi connectivity index (χ1) is 13.1. The van der Waals surface area contributed by atoms with Gasteiger partial charge < -0.3 is 18.9 Å². The summed E-state index contributed by atoms with van der Waals surface area (Å²) in [4.78, 5) is 18.7. The Bertz CT molecular complexity index is 815. The minimum absolute atomic E-state index is 0.0328. The summed E-state index contributed by atoms with van der Waals surface area (Å²) in [6.07, 6.45) is 5.77. The summed E-state index contributed by atoms with van der Waals surface area (Å²) in [6.45, 7) is 5.00. The number of hydrogen-bond donors (Lipinski definition) is 0. The van der Waals surface area contributed by atoms with Crippen LogP contribution in [0.2, 0.25) is 0 Å². The van der Waals surface area contributed by atoms with Gasteiger partial charge in [-0.15, -0.1) is 0 Å². The van der Waals surface area contributed by atoms with Crippen LogP contribution in [0, 0.1) is 6.92 Å². The number of likely N-dealkylation sites (tertiary alicyclic amines) is 1. The fourth-order valence-electron chi connectivity index (χ4n) is 3.21. The van der Waals surface area contributed by atoms with Crippen molar-refractivity contribution >= 4 is 12.0 Å². The van der Waals surface area contributed by atoms with E-state index < -0.39 is 0 Å². The van der Waals surface area contributed by atoms with Crippen LogP contribution in [0.4, 0.5) is 0 Å². The predicted molar refractivity (Wildman–Crippen MR) is 101 cm³/mol. The molecule has 1 atom stereocenters. The van der Waals surface area contributed by atoms with Crippen molar-refractivity contribution in [1.29, 1.82) is 0 Å². The van der Waals surface area contributed by atoms with Gasteiger partial charge in [0.1, 0.15) is 0 Å². The van der Waals surface area contributed by atoms with Gasteiger partial charge in [0.15, 0.2) is 23.9 Å². The maximum absolute atomic E-state index is 12.6. The number of methoxy groups -OCH3 is 1. The fourth-order valence-corrected chi connectivity index (χ4v) is 3.21. The molecule has 1 fully saturated rings. The van der Waals surface area contributed by atoms with Crippen LogP contribution in [0.1, 0.15) is 43.0 Å². The van der Waals surface area contributed by atoms with E-state index in [2.05, 4.69) is 10.1 Å². The second-order valence-corrected chi connectivity index (χ2v) is 6.56. The third-order valence-electron chi connectivity index (χ3n) is 4.56. The van der Waals surface area contributed by atoms with E-state index in [1.165, 1.54) is 0 Å². The normalized spacial score (nSPS) is 17.3. The molecule has 7 nitrogen and oxygen atoms in total. The molecule has 0 saturated carbocycles. The van der Waals surface area contributed by atoms with Crippen LogP contribution in [-0.4, -0.2) is 47.8 Å². The zero-order valence-electron chi connectivity index (χ0n) is 16.0. The van der Waals surface area contributed by atoms with E-state index in [9.17, 15) is 4.79 Å². The van der Waals surface area contributed by atoms with Gasteiger partial charge in [-0.25, -0.2) is 0 Å². The molecular weight excluding hydrogens is 346 g/mol. The summed E-state index contributed by atoms with van der Waals surface area (Å²) in [5, 5.41) is 3.84. The Balaban J connectivity index is 1.60. The molecule has 1 aliphatic rings. The number of benzene rings is 1. The Morgan fingerprint density at radius 3 is 2.96 bits per heavy atom. The Kier molecular flexibility index (Phi) is 6.11. The highest BCUT2D eigenvalue weighted by molar-refractivity contribution is 5.78. The SMILES string of the molecule is C/C=C/c1ccc(OCC(=O)N2CCC[C@@H](c3nc(C)no3)C2)c(OC)c1. The topological polar surface area (TPSA) is 77.7 Å². The molecule has 1 aromatic heterocycles. The number of rotatable bonds is 6. The van der Waals surface area contributed by atoms with Gasteiger partial charge in [0.2, 0.25) is 5.89 Å². The average molecular weight is 371 g/mol. The smallest absolute Gasteiger partial charge is 0.260 e. The minimum Gasteiger partial charge on any atom is -0.493 e. The number of hydrogen-bond acceptors (Lipinski definition) is 6. The fraction of sp³-hybridized carbons (Fsp3) is 0.450. The molecule has 3 rings (SSSR count). The lowest BCUT2D eigenvalue weighted by molar-refractivity contribution is -0.134. The predicted octanol–water partition coefficient (Wildman–Crippen LogP) is 3.20. The van der Waals surface area contributed by atoms with Crippen molar-refractivity contribution in [3.05, 3.63) is 41.6 Å². The van der Waals surface area contributed by atoms with Crippen LogP contribution in [0.3, 0.4) is 0 Å². The van der Waals surface area contributed by atoms with E-state index in [1.807, 2.05) is 37.3 Å². The largest absolute Gasteiger partial charge is 0.493 e. The van der Waals surface area contributed by atoms with Gasteiger partial charge in [0.25, 0.3) is 5.91 Å². The van der Waals surface area contributed by atoms with Crippen molar-refractivity contribution in [2.24, 2.45) is 0 Å². The van der Waals surface area contributed by atoms with E-state index in [0.717, 1.165) is 18.4 Å². The van der Waals surface area contributed by atoms with Gasteiger partial charge >= 0.3 is 0 Å². The number of allylic oxidation sites excluding steroid dienone is 1. The summed E-state index contributed by atoms with van der Waals surface area (Å²) < 4.78 is 16.4. The maximum atomic E-state index is 12.6. The Hall–Kier alpha value is -2.83. The molecular formula is C20H25N3O4. The van der Waals surface area contributed by atoms with Crippen molar-refractivity contribution in [2.45, 2.75) is 32.6 Å². The number of piperidine rings is 1. The number of aromatic nitrogens is 2. The maximum Gasteiger partial charge on any atom is 0.260 e. The number of ether oxygens (including phenoxy) is 2. The molecule has 0 bridgehead atoms. The van der Waals surface area contributed by atoms with Gasteiger partial charge in [-0.3, -0.25) is 4.79 Å². The molecule has 0 unspecified atom stereocenters. The van der Waals surface area contributed by atoms with Crippen LogP contribution in [0.5, 0.6) is 11.5 Å². The van der Waals surface area contributed by atoms with Gasteiger partial charge in [0, 0.05) is 13.1 Å². The molecule has 1 aliphatic heterocycles. The number of aryl methyl sites for hydroxylation is 1. The second-order valence-electron chi connectivity index (χ2n) is 6.56. The van der Waals surface area contributed by atoms with E-state index in [-0.39, 0.29) is 18.4 Å². The zero-order chi connectivity index (χ0) is 19.2. The van der Waals surface area contributed by atoms with E-state index in [1.54, 1.807) is 18.9 Å². The summed E-state index contributed by atoms with van der Waals surface area (Å²) in [5.41, 5.74) is 1.02. The molecule has 144 valence electrons. The Labute approximate surface area is 159 Å². The van der Waals surface area contributed by atoms with Crippen LogP contribution in [0.25, 0.3) is 6.08 Å². The highest BCUT2D eigenvalue weighted by Crippen LogP contribution is 2.29. The molecule has 1 amide bonds. The van der Waals surface area contributed by atoms with Gasteiger partial charge in [-0.1, -0.05) is 23.4 Å². The molecule has 0 spiro atoms. The van der Waals surface area contributed by atoms with E-state index in [0.29, 0.717) is 36.3 Å². The molecule has 0 radical (unpaired) electrons. The number of nitrogens with zero attached hydrogens (tertiary/aromatic N) is 3. The summed E-state index contributed by atoms with van der Waals surface area (Å²) in [6, 6.07) is 5.63. The van der Waals surface area contributed by atoms with Crippen molar-refractivity contribution in [2.75, 3.05) is 26.8 Å². The highest BCUT2D eigenvalue weighted by Gasteiger charge is 2.28. The van der Waals surface area contributed by atoms with E-state index in [4.69, 9.17) is 14.0 Å². The average Bonchev–Trinajstić information content (AvgIpc) is 3.13. The standard InChI is InChI=1S/C20H25N3O4/c1-4-6-15-8-9-17(18(11-15)25-3)26-13-19(24)23-10-5-7-16(12-23)20-21-14(2)22-27-20/h4,6,8-9,11,16H,5,7,10,12-13H2,1-3H3/b6-4+/t16-/m1/s1.